The lowest BCUT2D eigenvalue weighted by atomic mass is 10.2. The van der Waals surface area contributed by atoms with E-state index in [2.05, 4.69) is 15.0 Å². The summed E-state index contributed by atoms with van der Waals surface area (Å²) in [6.07, 6.45) is 4.65. The number of carboxylic acids is 1. The van der Waals surface area contributed by atoms with Crippen molar-refractivity contribution < 1.29 is 14.4 Å². The van der Waals surface area contributed by atoms with Crippen LogP contribution >= 0.6 is 0 Å². The second kappa shape index (κ2) is 5.65. The molecule has 1 saturated heterocycles. The fourth-order valence-electron chi connectivity index (χ4n) is 1.95. The third-order valence-corrected chi connectivity index (χ3v) is 2.88. The number of aromatic nitrogens is 2. The Morgan fingerprint density at radius 1 is 1.35 bits per heavy atom. The van der Waals surface area contributed by atoms with Gasteiger partial charge in [0.05, 0.1) is 0 Å². The maximum Gasteiger partial charge on any atom is 0.303 e. The molecule has 2 heterocycles. The molecular weight excluding hydrogens is 222 g/mol. The molecular formula is C11H17N3O3. The van der Waals surface area contributed by atoms with Crippen LogP contribution in [0.4, 0.5) is 5.95 Å². The Labute approximate surface area is 99.6 Å². The Morgan fingerprint density at radius 3 is 2.82 bits per heavy atom. The molecule has 1 N–H and O–H groups in total. The van der Waals surface area contributed by atoms with Gasteiger partial charge in [-0.15, -0.1) is 0 Å². The van der Waals surface area contributed by atoms with Crippen LogP contribution in [0.1, 0.15) is 38.0 Å². The molecule has 1 aliphatic rings. The first-order valence-electron chi connectivity index (χ1n) is 6.05. The molecule has 0 saturated carbocycles. The highest BCUT2D eigenvalue weighted by Crippen LogP contribution is 2.17. The molecule has 0 unspecified atom stereocenters. The lowest BCUT2D eigenvalue weighted by molar-refractivity contribution is -0.137. The van der Waals surface area contributed by atoms with Gasteiger partial charge in [0.25, 0.3) is 5.95 Å². The van der Waals surface area contributed by atoms with E-state index in [0.29, 0.717) is 24.7 Å². The van der Waals surface area contributed by atoms with Crippen molar-refractivity contribution in [2.45, 2.75) is 38.5 Å². The van der Waals surface area contributed by atoms with Gasteiger partial charge in [-0.3, -0.25) is 4.79 Å². The third-order valence-electron chi connectivity index (χ3n) is 2.88. The molecule has 1 aromatic rings. The minimum absolute atomic E-state index is 0.202. The van der Waals surface area contributed by atoms with Crippen molar-refractivity contribution in [2.24, 2.45) is 0 Å². The van der Waals surface area contributed by atoms with E-state index in [1.54, 1.807) is 0 Å². The number of carboxylic acid groups (broad SMARTS) is 1. The van der Waals surface area contributed by atoms with Gasteiger partial charge in [0.15, 0.2) is 0 Å². The first kappa shape index (κ1) is 11.9. The van der Waals surface area contributed by atoms with Gasteiger partial charge >= 0.3 is 5.97 Å². The highest BCUT2D eigenvalue weighted by atomic mass is 16.5. The van der Waals surface area contributed by atoms with Crippen LogP contribution in [0.2, 0.25) is 0 Å². The highest BCUT2D eigenvalue weighted by Gasteiger charge is 2.17. The molecule has 1 aromatic heterocycles. The van der Waals surface area contributed by atoms with Gasteiger partial charge in [-0.2, -0.15) is 4.98 Å². The second-order valence-corrected chi connectivity index (χ2v) is 4.28. The number of aliphatic carboxylic acids is 1. The van der Waals surface area contributed by atoms with E-state index in [-0.39, 0.29) is 6.42 Å². The van der Waals surface area contributed by atoms with Crippen molar-refractivity contribution >= 4 is 11.9 Å². The maximum absolute atomic E-state index is 10.3. The summed E-state index contributed by atoms with van der Waals surface area (Å²) >= 11 is 0. The smallest absolute Gasteiger partial charge is 0.303 e. The van der Waals surface area contributed by atoms with Crippen LogP contribution < -0.4 is 4.90 Å². The van der Waals surface area contributed by atoms with Crippen LogP contribution in [0, 0.1) is 0 Å². The van der Waals surface area contributed by atoms with Gasteiger partial charge in [0, 0.05) is 25.9 Å². The van der Waals surface area contributed by atoms with Crippen LogP contribution in [0.3, 0.4) is 0 Å². The van der Waals surface area contributed by atoms with Crippen molar-refractivity contribution in [3.8, 4) is 0 Å². The molecule has 1 aliphatic heterocycles. The van der Waals surface area contributed by atoms with E-state index >= 15 is 0 Å². The number of hydrogen-bond donors (Lipinski definition) is 1. The fourth-order valence-corrected chi connectivity index (χ4v) is 1.95. The summed E-state index contributed by atoms with van der Waals surface area (Å²) in [4.78, 5) is 16.8. The van der Waals surface area contributed by atoms with E-state index in [0.717, 1.165) is 19.5 Å². The van der Waals surface area contributed by atoms with Crippen LogP contribution in [0.15, 0.2) is 4.52 Å². The number of nitrogens with zero attached hydrogens (tertiary/aromatic N) is 3. The first-order chi connectivity index (χ1) is 8.25. The van der Waals surface area contributed by atoms with Crippen molar-refractivity contribution in [1.29, 1.82) is 0 Å². The van der Waals surface area contributed by atoms with Crippen LogP contribution in [-0.2, 0) is 11.2 Å². The van der Waals surface area contributed by atoms with E-state index in [9.17, 15) is 4.79 Å². The lowest BCUT2D eigenvalue weighted by Gasteiger charge is -2.09. The standard InChI is InChI=1S/C11H17N3O3/c15-10(16)6-2-1-5-9-12-11(13-17-9)14-7-3-4-8-14/h1-8H2,(H,15,16). The molecule has 0 aromatic carbocycles. The number of hydrogen-bond acceptors (Lipinski definition) is 5. The zero-order valence-corrected chi connectivity index (χ0v) is 9.76. The average molecular weight is 239 g/mol. The van der Waals surface area contributed by atoms with E-state index in [1.165, 1.54) is 12.8 Å². The molecule has 0 amide bonds. The Bertz CT molecular complexity index is 372. The first-order valence-corrected chi connectivity index (χ1v) is 6.05. The number of unbranched alkanes of at least 4 members (excludes halogenated alkanes) is 1. The second-order valence-electron chi connectivity index (χ2n) is 4.28. The molecule has 0 spiro atoms. The van der Waals surface area contributed by atoms with E-state index in [4.69, 9.17) is 9.63 Å². The van der Waals surface area contributed by atoms with Crippen LogP contribution in [0.25, 0.3) is 0 Å². The van der Waals surface area contributed by atoms with E-state index < -0.39 is 5.97 Å². The van der Waals surface area contributed by atoms with Gasteiger partial charge in [-0.05, 0) is 30.8 Å². The van der Waals surface area contributed by atoms with Gasteiger partial charge in [-0.1, -0.05) is 0 Å². The Balaban J connectivity index is 1.75. The topological polar surface area (TPSA) is 79.5 Å². The molecule has 6 heteroatoms. The molecule has 0 bridgehead atoms. The van der Waals surface area contributed by atoms with E-state index in [1.807, 2.05) is 0 Å². The minimum Gasteiger partial charge on any atom is -0.481 e. The number of carbonyl (C=O) groups is 1. The summed E-state index contributed by atoms with van der Waals surface area (Å²) in [5.74, 6) is 0.529. The zero-order chi connectivity index (χ0) is 12.1. The average Bonchev–Trinajstić information content (AvgIpc) is 2.94. The highest BCUT2D eigenvalue weighted by molar-refractivity contribution is 5.66. The largest absolute Gasteiger partial charge is 0.481 e. The third kappa shape index (κ3) is 3.44. The normalized spacial score (nSPS) is 15.4. The molecule has 0 atom stereocenters. The predicted octanol–water partition coefficient (Wildman–Crippen LogP) is 1.47. The number of rotatable bonds is 6. The molecule has 6 nitrogen and oxygen atoms in total. The summed E-state index contributed by atoms with van der Waals surface area (Å²) in [5, 5.41) is 12.4. The van der Waals surface area contributed by atoms with Crippen LogP contribution in [0.5, 0.6) is 0 Å². The van der Waals surface area contributed by atoms with Gasteiger partial charge in [-0.25, -0.2) is 0 Å². The van der Waals surface area contributed by atoms with Gasteiger partial charge < -0.3 is 14.5 Å². The summed E-state index contributed by atoms with van der Waals surface area (Å²) in [5.41, 5.74) is 0. The quantitative estimate of drug-likeness (QED) is 0.757. The predicted molar refractivity (Wildman–Crippen MR) is 60.9 cm³/mol. The maximum atomic E-state index is 10.3. The summed E-state index contributed by atoms with van der Waals surface area (Å²) < 4.78 is 5.13. The Hall–Kier alpha value is -1.59. The Morgan fingerprint density at radius 2 is 2.12 bits per heavy atom. The summed E-state index contributed by atoms with van der Waals surface area (Å²) in [6.45, 7) is 2.00. The van der Waals surface area contributed by atoms with Gasteiger partial charge in [0.2, 0.25) is 5.89 Å². The lowest BCUT2D eigenvalue weighted by Crippen LogP contribution is -2.18. The molecule has 94 valence electrons. The monoisotopic (exact) mass is 239 g/mol. The van der Waals surface area contributed by atoms with Crippen LogP contribution in [-0.4, -0.2) is 34.3 Å². The molecule has 1 fully saturated rings. The number of anilines is 1. The van der Waals surface area contributed by atoms with Crippen molar-refractivity contribution in [3.05, 3.63) is 5.89 Å². The van der Waals surface area contributed by atoms with Crippen molar-refractivity contribution in [1.82, 2.24) is 10.1 Å². The van der Waals surface area contributed by atoms with Crippen molar-refractivity contribution in [2.75, 3.05) is 18.0 Å². The molecule has 17 heavy (non-hydrogen) atoms. The molecule has 2 rings (SSSR count). The minimum atomic E-state index is -0.756. The zero-order valence-electron chi connectivity index (χ0n) is 9.76. The molecule has 0 aliphatic carbocycles. The summed E-state index contributed by atoms with van der Waals surface area (Å²) in [7, 11) is 0. The Kier molecular flexibility index (Phi) is 3.95. The SMILES string of the molecule is O=C(O)CCCCc1nc(N2CCCC2)no1. The number of aryl methyl sites for hydroxylation is 1. The molecule has 0 radical (unpaired) electrons. The summed E-state index contributed by atoms with van der Waals surface area (Å²) in [6, 6.07) is 0. The fraction of sp³-hybridized carbons (Fsp3) is 0.727. The van der Waals surface area contributed by atoms with Crippen molar-refractivity contribution in [3.63, 3.8) is 0 Å². The van der Waals surface area contributed by atoms with Gasteiger partial charge in [0.1, 0.15) is 0 Å².